The van der Waals surface area contributed by atoms with Crippen molar-refractivity contribution in [3.63, 3.8) is 0 Å². The second-order valence-corrected chi connectivity index (χ2v) is 3.38. The molecule has 3 N–H and O–H groups in total. The summed E-state index contributed by atoms with van der Waals surface area (Å²) in [7, 11) is 2.33. The number of carbonyl (C=O) groups is 1. The van der Waals surface area contributed by atoms with Crippen LogP contribution in [0.15, 0.2) is 23.6 Å². The smallest absolute Gasteiger partial charge is 0.290 e. The van der Waals surface area contributed by atoms with Crippen molar-refractivity contribution in [1.82, 2.24) is 0 Å². The molecule has 17 heavy (non-hydrogen) atoms. The lowest BCUT2D eigenvalue weighted by molar-refractivity contribution is -0.431. The van der Waals surface area contributed by atoms with Gasteiger partial charge in [-0.25, -0.2) is 0 Å². The van der Waals surface area contributed by atoms with E-state index in [-0.39, 0.29) is 23.7 Å². The van der Waals surface area contributed by atoms with Gasteiger partial charge in [0.25, 0.3) is 5.70 Å². The number of methoxy groups -OCH3 is 1. The molecule has 0 amide bonds. The van der Waals surface area contributed by atoms with Crippen molar-refractivity contribution in [3.8, 4) is 0 Å². The largest absolute Gasteiger partial charge is 0.490 e. The van der Waals surface area contributed by atoms with Crippen LogP contribution in [0.1, 0.15) is 13.3 Å². The van der Waals surface area contributed by atoms with E-state index in [2.05, 4.69) is 0 Å². The van der Waals surface area contributed by atoms with Gasteiger partial charge in [-0.3, -0.25) is 14.9 Å². The SMILES string of the molecule is CO.COC1=C([N+](=O)[O-])CC(N)(C(C)=O)C=C1. The molecule has 96 valence electrons. The minimum atomic E-state index is -1.29. The second-order valence-electron chi connectivity index (χ2n) is 3.38. The van der Waals surface area contributed by atoms with Crippen LogP contribution in [0, 0.1) is 10.1 Å². The van der Waals surface area contributed by atoms with Crippen molar-refractivity contribution in [2.75, 3.05) is 14.2 Å². The summed E-state index contributed by atoms with van der Waals surface area (Å²) in [6, 6.07) is 0. The van der Waals surface area contributed by atoms with E-state index in [9.17, 15) is 14.9 Å². The van der Waals surface area contributed by atoms with Gasteiger partial charge >= 0.3 is 0 Å². The Morgan fingerprint density at radius 2 is 2.18 bits per heavy atom. The van der Waals surface area contributed by atoms with Gasteiger partial charge in [-0.15, -0.1) is 0 Å². The number of allylic oxidation sites excluding steroid dienone is 1. The fourth-order valence-electron chi connectivity index (χ4n) is 1.33. The molecule has 1 unspecified atom stereocenters. The Morgan fingerprint density at radius 3 is 2.53 bits per heavy atom. The maximum atomic E-state index is 11.2. The molecule has 0 aliphatic heterocycles. The highest BCUT2D eigenvalue weighted by molar-refractivity contribution is 5.88. The van der Waals surface area contributed by atoms with Crippen LogP contribution in [0.3, 0.4) is 0 Å². The van der Waals surface area contributed by atoms with Crippen LogP contribution in [0.25, 0.3) is 0 Å². The first-order valence-corrected chi connectivity index (χ1v) is 4.76. The molecular weight excluding hydrogens is 228 g/mol. The summed E-state index contributed by atoms with van der Waals surface area (Å²) in [6.45, 7) is 1.31. The maximum absolute atomic E-state index is 11.2. The molecule has 1 aliphatic rings. The zero-order chi connectivity index (χ0) is 13.6. The van der Waals surface area contributed by atoms with Gasteiger partial charge in [0.1, 0.15) is 5.54 Å². The van der Waals surface area contributed by atoms with Gasteiger partial charge in [0, 0.05) is 7.11 Å². The molecular formula is C10H16N2O5. The van der Waals surface area contributed by atoms with Crippen LogP contribution in [-0.2, 0) is 9.53 Å². The molecule has 7 heteroatoms. The molecule has 1 atom stereocenters. The highest BCUT2D eigenvalue weighted by Crippen LogP contribution is 2.26. The molecule has 1 rings (SSSR count). The van der Waals surface area contributed by atoms with Crippen LogP contribution >= 0.6 is 0 Å². The summed E-state index contributed by atoms with van der Waals surface area (Å²) in [5, 5.41) is 17.7. The molecule has 0 aromatic rings. The number of hydrogen-bond acceptors (Lipinski definition) is 6. The fourth-order valence-corrected chi connectivity index (χ4v) is 1.33. The van der Waals surface area contributed by atoms with E-state index in [1.165, 1.54) is 26.2 Å². The number of ether oxygens (including phenoxy) is 1. The summed E-state index contributed by atoms with van der Waals surface area (Å²) in [5.41, 5.74) is 4.26. The number of carbonyl (C=O) groups excluding carboxylic acids is 1. The van der Waals surface area contributed by atoms with Crippen molar-refractivity contribution < 1.29 is 19.6 Å². The molecule has 7 nitrogen and oxygen atoms in total. The van der Waals surface area contributed by atoms with Crippen molar-refractivity contribution in [2.24, 2.45) is 5.73 Å². The van der Waals surface area contributed by atoms with Crippen molar-refractivity contribution >= 4 is 5.78 Å². The summed E-state index contributed by atoms with van der Waals surface area (Å²) >= 11 is 0. The van der Waals surface area contributed by atoms with Gasteiger partial charge < -0.3 is 15.6 Å². The van der Waals surface area contributed by atoms with E-state index in [1.807, 2.05) is 0 Å². The van der Waals surface area contributed by atoms with Crippen LogP contribution in [0.4, 0.5) is 0 Å². The Bertz CT molecular complexity index is 375. The van der Waals surface area contributed by atoms with Crippen molar-refractivity contribution in [2.45, 2.75) is 18.9 Å². The first-order chi connectivity index (χ1) is 7.90. The Labute approximate surface area is 98.7 Å². The lowest BCUT2D eigenvalue weighted by atomic mass is 9.86. The van der Waals surface area contributed by atoms with E-state index < -0.39 is 10.5 Å². The van der Waals surface area contributed by atoms with Gasteiger partial charge in [-0.1, -0.05) is 6.08 Å². The highest BCUT2D eigenvalue weighted by Gasteiger charge is 2.38. The first-order valence-electron chi connectivity index (χ1n) is 4.76. The molecule has 0 saturated carbocycles. The Hall–Kier alpha value is -1.73. The number of nitro groups is 1. The molecule has 0 radical (unpaired) electrons. The number of aliphatic hydroxyl groups excluding tert-OH is 1. The van der Waals surface area contributed by atoms with Gasteiger partial charge in [0.15, 0.2) is 11.5 Å². The van der Waals surface area contributed by atoms with Crippen molar-refractivity contribution in [1.29, 1.82) is 0 Å². The number of nitrogens with zero attached hydrogens (tertiary/aromatic N) is 1. The quantitative estimate of drug-likeness (QED) is 0.532. The molecule has 0 fully saturated rings. The van der Waals surface area contributed by atoms with E-state index in [0.717, 1.165) is 7.11 Å². The van der Waals surface area contributed by atoms with E-state index in [0.29, 0.717) is 0 Å². The summed E-state index contributed by atoms with van der Waals surface area (Å²) < 4.78 is 4.82. The number of hydrogen-bond donors (Lipinski definition) is 2. The van der Waals surface area contributed by atoms with Gasteiger partial charge in [0.2, 0.25) is 0 Å². The second kappa shape index (κ2) is 6.12. The van der Waals surface area contributed by atoms with Crippen LogP contribution < -0.4 is 5.73 Å². The van der Waals surface area contributed by atoms with Gasteiger partial charge in [0.05, 0.1) is 18.5 Å². The average Bonchev–Trinajstić information content (AvgIpc) is 2.31. The van der Waals surface area contributed by atoms with Crippen LogP contribution in [-0.4, -0.2) is 35.6 Å². The van der Waals surface area contributed by atoms with E-state index >= 15 is 0 Å². The third kappa shape index (κ3) is 3.36. The normalized spacial score (nSPS) is 22.6. The zero-order valence-electron chi connectivity index (χ0n) is 9.97. The highest BCUT2D eigenvalue weighted by atomic mass is 16.6. The van der Waals surface area contributed by atoms with Crippen molar-refractivity contribution in [3.05, 3.63) is 33.7 Å². The standard InChI is InChI=1S/C9H12N2O4.CH4O/c1-6(12)9(10)4-3-8(15-2)7(5-9)11(13)14;1-2/h3-4H,5,10H2,1-2H3;2H,1H3. The molecule has 0 aromatic carbocycles. The van der Waals surface area contributed by atoms with E-state index in [4.69, 9.17) is 15.6 Å². The third-order valence-corrected chi connectivity index (χ3v) is 2.37. The Balaban J connectivity index is 0.00000121. The molecule has 0 aromatic heterocycles. The summed E-state index contributed by atoms with van der Waals surface area (Å²) in [5.74, 6) is -0.171. The van der Waals surface area contributed by atoms with Crippen LogP contribution in [0.5, 0.6) is 0 Å². The first kappa shape index (κ1) is 15.3. The van der Waals surface area contributed by atoms with E-state index in [1.54, 1.807) is 0 Å². The summed E-state index contributed by atoms with van der Waals surface area (Å²) in [4.78, 5) is 21.3. The minimum absolute atomic E-state index is 0.141. The zero-order valence-corrected chi connectivity index (χ0v) is 9.97. The minimum Gasteiger partial charge on any atom is -0.490 e. The number of aliphatic hydroxyl groups is 1. The lowest BCUT2D eigenvalue weighted by Gasteiger charge is -2.24. The molecule has 0 spiro atoms. The predicted octanol–water partition coefficient (Wildman–Crippen LogP) is -0.0240. The van der Waals surface area contributed by atoms with Gasteiger partial charge in [-0.05, 0) is 13.0 Å². The third-order valence-electron chi connectivity index (χ3n) is 2.37. The average molecular weight is 244 g/mol. The molecule has 0 saturated heterocycles. The molecule has 0 bridgehead atoms. The number of rotatable bonds is 3. The number of nitrogens with two attached hydrogens (primary N) is 1. The summed E-state index contributed by atoms with van der Waals surface area (Å²) in [6.07, 6.45) is 2.65. The topological polar surface area (TPSA) is 116 Å². The Kier molecular flexibility index (Phi) is 5.49. The van der Waals surface area contributed by atoms with Gasteiger partial charge in [-0.2, -0.15) is 0 Å². The number of ketones is 1. The molecule has 0 heterocycles. The maximum Gasteiger partial charge on any atom is 0.290 e. The fraction of sp³-hybridized carbons (Fsp3) is 0.500. The molecule has 1 aliphatic carbocycles. The van der Waals surface area contributed by atoms with Crippen LogP contribution in [0.2, 0.25) is 0 Å². The predicted molar refractivity (Wildman–Crippen MR) is 60.5 cm³/mol. The Morgan fingerprint density at radius 1 is 1.65 bits per heavy atom. The lowest BCUT2D eigenvalue weighted by Crippen LogP contribution is -2.47. The number of Topliss-reactive ketones (excluding diaryl/α,β-unsaturated/α-hetero) is 1. The monoisotopic (exact) mass is 244 g/mol.